The van der Waals surface area contributed by atoms with Gasteiger partial charge >= 0.3 is 5.97 Å². The Kier molecular flexibility index (Phi) is 5.23. The molecule has 1 saturated heterocycles. The largest absolute Gasteiger partial charge is 0.492 e. The molecule has 2 atom stereocenters. The van der Waals surface area contributed by atoms with Crippen molar-refractivity contribution in [2.45, 2.75) is 39.7 Å². The Hall–Kier alpha value is -1.55. The van der Waals surface area contributed by atoms with Gasteiger partial charge in [-0.25, -0.2) is 0 Å². The third-order valence-corrected chi connectivity index (χ3v) is 4.13. The average molecular weight is 291 g/mol. The Balaban J connectivity index is 1.91. The number of ether oxygens (including phenoxy) is 1. The highest BCUT2D eigenvalue weighted by Crippen LogP contribution is 2.23. The molecule has 0 amide bonds. The third-order valence-electron chi connectivity index (χ3n) is 4.13. The fourth-order valence-corrected chi connectivity index (χ4v) is 3.22. The summed E-state index contributed by atoms with van der Waals surface area (Å²) in [6.45, 7) is 8.15. The van der Waals surface area contributed by atoms with E-state index in [9.17, 15) is 9.90 Å². The van der Waals surface area contributed by atoms with Crippen LogP contribution in [0.5, 0.6) is 5.75 Å². The van der Waals surface area contributed by atoms with Gasteiger partial charge < -0.3 is 9.84 Å². The van der Waals surface area contributed by atoms with Gasteiger partial charge in [-0.15, -0.1) is 0 Å². The van der Waals surface area contributed by atoms with Gasteiger partial charge in [-0.3, -0.25) is 9.69 Å². The van der Waals surface area contributed by atoms with Crippen molar-refractivity contribution in [2.24, 2.45) is 5.92 Å². The molecule has 1 N–H and O–H groups in total. The summed E-state index contributed by atoms with van der Waals surface area (Å²) < 4.78 is 5.80. The van der Waals surface area contributed by atoms with E-state index in [2.05, 4.69) is 6.07 Å². The van der Waals surface area contributed by atoms with Crippen LogP contribution >= 0.6 is 0 Å². The Morgan fingerprint density at radius 2 is 2.00 bits per heavy atom. The molecule has 1 aromatic rings. The number of likely N-dealkylation sites (tertiary alicyclic amines) is 1. The monoisotopic (exact) mass is 291 g/mol. The lowest BCUT2D eigenvalue weighted by molar-refractivity contribution is -0.147. The number of rotatable bonds is 5. The van der Waals surface area contributed by atoms with Gasteiger partial charge in [0.1, 0.15) is 18.4 Å². The van der Waals surface area contributed by atoms with Crippen LogP contribution in [0.1, 0.15) is 30.9 Å². The molecule has 0 aliphatic carbocycles. The number of hydrogen-bond donors (Lipinski definition) is 1. The molecule has 1 aliphatic rings. The SMILES string of the molecule is Cc1cc(C)cc(OCCN2CCCC(C)C2C(=O)O)c1. The standard InChI is InChI=1S/C17H25NO3/c1-12-9-13(2)11-15(10-12)21-8-7-18-6-4-5-14(3)16(18)17(19)20/h9-11,14,16H,4-8H2,1-3H3,(H,19,20). The Bertz CT molecular complexity index is 481. The minimum Gasteiger partial charge on any atom is -0.492 e. The molecule has 0 bridgehead atoms. The van der Waals surface area contributed by atoms with Gasteiger partial charge in [0.15, 0.2) is 0 Å². The number of nitrogens with zero attached hydrogens (tertiary/aromatic N) is 1. The molecule has 1 aliphatic heterocycles. The van der Waals surface area contributed by atoms with Gasteiger partial charge in [0, 0.05) is 6.54 Å². The summed E-state index contributed by atoms with van der Waals surface area (Å²) in [6.07, 6.45) is 2.06. The highest BCUT2D eigenvalue weighted by Gasteiger charge is 2.33. The minimum absolute atomic E-state index is 0.206. The molecular weight excluding hydrogens is 266 g/mol. The van der Waals surface area contributed by atoms with Gasteiger partial charge in [0.05, 0.1) is 0 Å². The molecule has 2 rings (SSSR count). The van der Waals surface area contributed by atoms with E-state index in [1.165, 1.54) is 11.1 Å². The van der Waals surface area contributed by atoms with Crippen molar-refractivity contribution in [1.29, 1.82) is 0 Å². The molecule has 2 unspecified atom stereocenters. The van der Waals surface area contributed by atoms with Crippen molar-refractivity contribution in [2.75, 3.05) is 19.7 Å². The summed E-state index contributed by atoms with van der Waals surface area (Å²) in [7, 11) is 0. The molecule has 0 spiro atoms. The zero-order valence-corrected chi connectivity index (χ0v) is 13.1. The lowest BCUT2D eigenvalue weighted by Crippen LogP contribution is -2.50. The zero-order chi connectivity index (χ0) is 15.4. The number of carbonyl (C=O) groups is 1. The minimum atomic E-state index is -0.714. The van der Waals surface area contributed by atoms with Crippen molar-refractivity contribution in [3.8, 4) is 5.75 Å². The molecule has 1 heterocycles. The predicted molar refractivity (Wildman–Crippen MR) is 82.8 cm³/mol. The van der Waals surface area contributed by atoms with Crippen LogP contribution in [-0.4, -0.2) is 41.7 Å². The van der Waals surface area contributed by atoms with E-state index >= 15 is 0 Å². The van der Waals surface area contributed by atoms with Crippen LogP contribution in [0, 0.1) is 19.8 Å². The molecule has 0 radical (unpaired) electrons. The number of carboxylic acid groups (broad SMARTS) is 1. The van der Waals surface area contributed by atoms with Gasteiger partial charge in [0.2, 0.25) is 0 Å². The van der Waals surface area contributed by atoms with Gasteiger partial charge in [-0.2, -0.15) is 0 Å². The molecule has 1 fully saturated rings. The maximum Gasteiger partial charge on any atom is 0.321 e. The molecule has 0 saturated carbocycles. The topological polar surface area (TPSA) is 49.8 Å². The number of benzene rings is 1. The second kappa shape index (κ2) is 6.94. The number of aliphatic carboxylic acids is 1. The van der Waals surface area contributed by atoms with E-state index in [0.717, 1.165) is 25.1 Å². The first-order valence-electron chi connectivity index (χ1n) is 7.65. The molecule has 116 valence electrons. The summed E-state index contributed by atoms with van der Waals surface area (Å²) in [5, 5.41) is 9.39. The molecule has 0 aromatic heterocycles. The second-order valence-corrected chi connectivity index (χ2v) is 6.11. The van der Waals surface area contributed by atoms with Crippen molar-refractivity contribution in [3.05, 3.63) is 29.3 Å². The van der Waals surface area contributed by atoms with E-state index in [0.29, 0.717) is 13.2 Å². The van der Waals surface area contributed by atoms with Crippen LogP contribution in [0.2, 0.25) is 0 Å². The Morgan fingerprint density at radius 3 is 2.62 bits per heavy atom. The van der Waals surface area contributed by atoms with E-state index in [-0.39, 0.29) is 12.0 Å². The van der Waals surface area contributed by atoms with Crippen LogP contribution in [0.3, 0.4) is 0 Å². The first-order chi connectivity index (χ1) is 9.97. The number of piperidine rings is 1. The number of hydrogen-bond acceptors (Lipinski definition) is 3. The highest BCUT2D eigenvalue weighted by molar-refractivity contribution is 5.74. The van der Waals surface area contributed by atoms with Crippen molar-refractivity contribution in [1.82, 2.24) is 4.90 Å². The lowest BCUT2D eigenvalue weighted by Gasteiger charge is -2.37. The molecule has 21 heavy (non-hydrogen) atoms. The third kappa shape index (κ3) is 4.21. The first-order valence-corrected chi connectivity index (χ1v) is 7.65. The highest BCUT2D eigenvalue weighted by atomic mass is 16.5. The van der Waals surface area contributed by atoms with Crippen molar-refractivity contribution < 1.29 is 14.6 Å². The van der Waals surface area contributed by atoms with E-state index in [1.807, 2.05) is 37.8 Å². The van der Waals surface area contributed by atoms with Gasteiger partial charge in [-0.1, -0.05) is 13.0 Å². The Labute approximate surface area is 126 Å². The van der Waals surface area contributed by atoms with Crippen LogP contribution in [0.4, 0.5) is 0 Å². The van der Waals surface area contributed by atoms with Crippen LogP contribution in [0.15, 0.2) is 18.2 Å². The van der Waals surface area contributed by atoms with Crippen LogP contribution in [-0.2, 0) is 4.79 Å². The summed E-state index contributed by atoms with van der Waals surface area (Å²) in [6, 6.07) is 5.77. The predicted octanol–water partition coefficient (Wildman–Crippen LogP) is 2.87. The quantitative estimate of drug-likeness (QED) is 0.906. The first kappa shape index (κ1) is 15.8. The van der Waals surface area contributed by atoms with E-state index < -0.39 is 5.97 Å². The normalized spacial score (nSPS) is 23.0. The summed E-state index contributed by atoms with van der Waals surface area (Å²) in [5.74, 6) is 0.357. The number of aryl methyl sites for hydroxylation is 2. The van der Waals surface area contributed by atoms with Crippen LogP contribution < -0.4 is 4.74 Å². The lowest BCUT2D eigenvalue weighted by atomic mass is 9.91. The smallest absolute Gasteiger partial charge is 0.321 e. The van der Waals surface area contributed by atoms with Gasteiger partial charge in [-0.05, 0) is 62.4 Å². The summed E-state index contributed by atoms with van der Waals surface area (Å²) in [5.41, 5.74) is 2.36. The zero-order valence-electron chi connectivity index (χ0n) is 13.1. The Morgan fingerprint density at radius 1 is 1.33 bits per heavy atom. The van der Waals surface area contributed by atoms with E-state index in [1.54, 1.807) is 0 Å². The number of carboxylic acids is 1. The fourth-order valence-electron chi connectivity index (χ4n) is 3.22. The van der Waals surface area contributed by atoms with Crippen molar-refractivity contribution in [3.63, 3.8) is 0 Å². The molecular formula is C17H25NO3. The summed E-state index contributed by atoms with van der Waals surface area (Å²) >= 11 is 0. The van der Waals surface area contributed by atoms with Gasteiger partial charge in [0.25, 0.3) is 0 Å². The maximum atomic E-state index is 11.4. The van der Waals surface area contributed by atoms with E-state index in [4.69, 9.17) is 4.74 Å². The molecule has 1 aromatic carbocycles. The van der Waals surface area contributed by atoms with Crippen molar-refractivity contribution >= 4 is 5.97 Å². The second-order valence-electron chi connectivity index (χ2n) is 6.11. The summed E-state index contributed by atoms with van der Waals surface area (Å²) in [4.78, 5) is 13.5. The fraction of sp³-hybridized carbons (Fsp3) is 0.588. The average Bonchev–Trinajstić information content (AvgIpc) is 2.37. The van der Waals surface area contributed by atoms with Crippen LogP contribution in [0.25, 0.3) is 0 Å². The maximum absolute atomic E-state index is 11.4. The molecule has 4 heteroatoms. The molecule has 4 nitrogen and oxygen atoms in total.